The van der Waals surface area contributed by atoms with Gasteiger partial charge in [0.1, 0.15) is 18.5 Å². The second kappa shape index (κ2) is 9.48. The molecule has 0 fully saturated rings. The number of ether oxygens (including phenoxy) is 1. The van der Waals surface area contributed by atoms with Gasteiger partial charge >= 0.3 is 6.18 Å². The molecule has 0 heterocycles. The average Bonchev–Trinajstić information content (AvgIpc) is 2.52. The molecule has 0 aromatic heterocycles. The zero-order valence-corrected chi connectivity index (χ0v) is 13.8. The zero-order chi connectivity index (χ0) is 18.2. The predicted molar refractivity (Wildman–Crippen MR) is 83.7 cm³/mol. The summed E-state index contributed by atoms with van der Waals surface area (Å²) in [5, 5.41) is 12.8. The number of nitrogens with zero attached hydrogens (tertiary/aromatic N) is 1. The number of likely N-dealkylation sites (N-methyl/N-ethyl adjacent to an activating group) is 1. The van der Waals surface area contributed by atoms with Gasteiger partial charge in [0.05, 0.1) is 5.56 Å². The van der Waals surface area contributed by atoms with Crippen LogP contribution >= 0.6 is 0 Å². The van der Waals surface area contributed by atoms with Crippen molar-refractivity contribution in [3.05, 3.63) is 29.8 Å². The summed E-state index contributed by atoms with van der Waals surface area (Å²) in [4.78, 5) is 13.2. The van der Waals surface area contributed by atoms with E-state index in [1.54, 1.807) is 14.1 Å². The highest BCUT2D eigenvalue weighted by Gasteiger charge is 2.30. The molecule has 1 unspecified atom stereocenters. The van der Waals surface area contributed by atoms with Crippen LogP contribution in [-0.2, 0) is 11.0 Å². The lowest BCUT2D eigenvalue weighted by Gasteiger charge is -2.21. The summed E-state index contributed by atoms with van der Waals surface area (Å²) in [6.07, 6.45) is -4.23. The first kappa shape index (κ1) is 20.2. The molecule has 0 aliphatic rings. The molecule has 24 heavy (non-hydrogen) atoms. The molecular formula is C16H23F3N2O3. The number of hydrogen-bond donors (Lipinski definition) is 2. The van der Waals surface area contributed by atoms with E-state index < -0.39 is 17.8 Å². The predicted octanol–water partition coefficient (Wildman–Crippen LogP) is 1.90. The number of carbonyl (C=O) groups is 1. The van der Waals surface area contributed by atoms with E-state index in [0.717, 1.165) is 18.7 Å². The third kappa shape index (κ3) is 7.18. The highest BCUT2D eigenvalue weighted by atomic mass is 19.4. The monoisotopic (exact) mass is 348 g/mol. The number of benzene rings is 1. The summed E-state index contributed by atoms with van der Waals surface area (Å²) in [5.41, 5.74) is -0.762. The fourth-order valence-corrected chi connectivity index (χ4v) is 2.01. The van der Waals surface area contributed by atoms with Crippen molar-refractivity contribution in [2.24, 2.45) is 0 Å². The molecule has 1 amide bonds. The van der Waals surface area contributed by atoms with Gasteiger partial charge in [-0.2, -0.15) is 13.2 Å². The van der Waals surface area contributed by atoms with Crippen LogP contribution in [0.25, 0.3) is 0 Å². The molecule has 8 heteroatoms. The maximum Gasteiger partial charge on any atom is 0.416 e. The molecule has 1 atom stereocenters. The minimum atomic E-state index is -4.39. The minimum absolute atomic E-state index is 0.0844. The SMILES string of the molecule is CNCCCC(=O)N(C)CC(O)COc1ccc(C(F)(F)F)cc1. The molecule has 0 bridgehead atoms. The molecular weight excluding hydrogens is 325 g/mol. The van der Waals surface area contributed by atoms with Crippen LogP contribution in [0.1, 0.15) is 18.4 Å². The quantitative estimate of drug-likeness (QED) is 0.669. The van der Waals surface area contributed by atoms with Gasteiger partial charge in [-0.05, 0) is 44.3 Å². The Hall–Kier alpha value is -1.80. The second-order valence-corrected chi connectivity index (χ2v) is 5.47. The summed E-state index contributed by atoms with van der Waals surface area (Å²) in [7, 11) is 3.39. The Morgan fingerprint density at radius 2 is 1.96 bits per heavy atom. The molecule has 0 spiro atoms. The van der Waals surface area contributed by atoms with Gasteiger partial charge in [0.2, 0.25) is 5.91 Å². The number of rotatable bonds is 9. The van der Waals surface area contributed by atoms with E-state index >= 15 is 0 Å². The average molecular weight is 348 g/mol. The number of aliphatic hydroxyl groups is 1. The molecule has 0 aliphatic carbocycles. The molecule has 5 nitrogen and oxygen atoms in total. The van der Waals surface area contributed by atoms with Crippen LogP contribution in [-0.4, -0.2) is 55.8 Å². The van der Waals surface area contributed by atoms with E-state index in [4.69, 9.17) is 4.74 Å². The Labute approximate surface area is 139 Å². The fourth-order valence-electron chi connectivity index (χ4n) is 2.01. The Bertz CT molecular complexity index is 506. The smallest absolute Gasteiger partial charge is 0.416 e. The number of hydrogen-bond acceptors (Lipinski definition) is 4. The van der Waals surface area contributed by atoms with Crippen molar-refractivity contribution in [3.8, 4) is 5.75 Å². The maximum atomic E-state index is 12.4. The minimum Gasteiger partial charge on any atom is -0.491 e. The first-order valence-electron chi connectivity index (χ1n) is 7.60. The maximum absolute atomic E-state index is 12.4. The fraction of sp³-hybridized carbons (Fsp3) is 0.562. The lowest BCUT2D eigenvalue weighted by atomic mass is 10.2. The van der Waals surface area contributed by atoms with Crippen LogP contribution in [0.15, 0.2) is 24.3 Å². The zero-order valence-electron chi connectivity index (χ0n) is 13.8. The molecule has 0 aliphatic heterocycles. The normalized spacial score (nSPS) is 12.8. The first-order chi connectivity index (χ1) is 11.2. The van der Waals surface area contributed by atoms with E-state index in [1.807, 2.05) is 0 Å². The summed E-state index contributed by atoms with van der Waals surface area (Å²) >= 11 is 0. The van der Waals surface area contributed by atoms with E-state index in [1.165, 1.54) is 17.0 Å². The number of halogens is 3. The van der Waals surface area contributed by atoms with Gasteiger partial charge in [0, 0.05) is 20.0 Å². The lowest BCUT2D eigenvalue weighted by Crippen LogP contribution is -2.37. The third-order valence-electron chi connectivity index (χ3n) is 3.35. The summed E-state index contributed by atoms with van der Waals surface area (Å²) < 4.78 is 42.6. The van der Waals surface area contributed by atoms with E-state index in [-0.39, 0.29) is 24.8 Å². The Morgan fingerprint density at radius 1 is 1.33 bits per heavy atom. The van der Waals surface area contributed by atoms with Crippen LogP contribution in [0.5, 0.6) is 5.75 Å². The topological polar surface area (TPSA) is 61.8 Å². The van der Waals surface area contributed by atoms with Crippen molar-refractivity contribution in [3.63, 3.8) is 0 Å². The summed E-state index contributed by atoms with van der Waals surface area (Å²) in [6.45, 7) is 0.720. The van der Waals surface area contributed by atoms with Crippen molar-refractivity contribution in [2.75, 3.05) is 33.8 Å². The molecule has 1 aromatic carbocycles. The number of carbonyl (C=O) groups excluding carboxylic acids is 1. The first-order valence-corrected chi connectivity index (χ1v) is 7.60. The number of aliphatic hydroxyl groups excluding tert-OH is 1. The Balaban J connectivity index is 2.37. The molecule has 1 aromatic rings. The van der Waals surface area contributed by atoms with Gasteiger partial charge in [0.25, 0.3) is 0 Å². The number of amides is 1. The molecule has 0 radical (unpaired) electrons. The van der Waals surface area contributed by atoms with Crippen LogP contribution in [0.2, 0.25) is 0 Å². The van der Waals surface area contributed by atoms with Crippen LogP contribution in [0, 0.1) is 0 Å². The van der Waals surface area contributed by atoms with Crippen molar-refractivity contribution < 1.29 is 27.8 Å². The molecule has 1 rings (SSSR count). The van der Waals surface area contributed by atoms with Gasteiger partial charge in [0.15, 0.2) is 0 Å². The van der Waals surface area contributed by atoms with Gasteiger partial charge in [-0.25, -0.2) is 0 Å². The third-order valence-corrected chi connectivity index (χ3v) is 3.35. The number of alkyl halides is 3. The summed E-state index contributed by atoms with van der Waals surface area (Å²) in [6, 6.07) is 4.22. The van der Waals surface area contributed by atoms with Crippen molar-refractivity contribution >= 4 is 5.91 Å². The standard InChI is InChI=1S/C16H23F3N2O3/c1-20-9-3-4-15(23)21(2)10-13(22)11-24-14-7-5-12(6-8-14)16(17,18)19/h5-8,13,20,22H,3-4,9-11H2,1-2H3. The van der Waals surface area contributed by atoms with Gasteiger partial charge < -0.3 is 20.1 Å². The Morgan fingerprint density at radius 3 is 2.50 bits per heavy atom. The molecule has 2 N–H and O–H groups in total. The van der Waals surface area contributed by atoms with Crippen molar-refractivity contribution in [2.45, 2.75) is 25.1 Å². The molecule has 0 saturated heterocycles. The van der Waals surface area contributed by atoms with Gasteiger partial charge in [-0.1, -0.05) is 0 Å². The summed E-state index contributed by atoms with van der Waals surface area (Å²) in [5.74, 6) is 0.142. The van der Waals surface area contributed by atoms with Gasteiger partial charge in [-0.15, -0.1) is 0 Å². The highest BCUT2D eigenvalue weighted by molar-refractivity contribution is 5.75. The Kier molecular flexibility index (Phi) is 8.00. The van der Waals surface area contributed by atoms with Crippen molar-refractivity contribution in [1.29, 1.82) is 0 Å². The number of nitrogens with one attached hydrogen (secondary N) is 1. The van der Waals surface area contributed by atoms with E-state index in [9.17, 15) is 23.1 Å². The molecule has 136 valence electrons. The highest BCUT2D eigenvalue weighted by Crippen LogP contribution is 2.30. The largest absolute Gasteiger partial charge is 0.491 e. The lowest BCUT2D eigenvalue weighted by molar-refractivity contribution is -0.137. The van der Waals surface area contributed by atoms with Crippen LogP contribution in [0.4, 0.5) is 13.2 Å². The van der Waals surface area contributed by atoms with Crippen LogP contribution in [0.3, 0.4) is 0 Å². The van der Waals surface area contributed by atoms with Gasteiger partial charge in [-0.3, -0.25) is 4.79 Å². The molecule has 0 saturated carbocycles. The van der Waals surface area contributed by atoms with E-state index in [2.05, 4.69) is 5.32 Å². The van der Waals surface area contributed by atoms with Crippen molar-refractivity contribution in [1.82, 2.24) is 10.2 Å². The second-order valence-electron chi connectivity index (χ2n) is 5.47. The van der Waals surface area contributed by atoms with Crippen LogP contribution < -0.4 is 10.1 Å². The van der Waals surface area contributed by atoms with E-state index in [0.29, 0.717) is 12.8 Å².